The average molecular weight is 272 g/mol. The van der Waals surface area contributed by atoms with Gasteiger partial charge in [0.25, 0.3) is 0 Å². The summed E-state index contributed by atoms with van der Waals surface area (Å²) in [4.78, 5) is 8.59. The Hall–Kier alpha value is -1.68. The fourth-order valence-corrected chi connectivity index (χ4v) is 2.50. The summed E-state index contributed by atoms with van der Waals surface area (Å²) < 4.78 is 2.26. The van der Waals surface area contributed by atoms with Crippen LogP contribution in [0.4, 0.5) is 0 Å². The summed E-state index contributed by atoms with van der Waals surface area (Å²) >= 11 is 0. The Morgan fingerprint density at radius 2 is 1.95 bits per heavy atom. The van der Waals surface area contributed by atoms with E-state index in [0.717, 1.165) is 32.4 Å². The topological polar surface area (TPSA) is 42.7 Å². The number of nitrogens with zero attached hydrogens (tertiary/aromatic N) is 3. The summed E-state index contributed by atoms with van der Waals surface area (Å²) in [6.45, 7) is 6.37. The normalized spacial score (nSPS) is 12.5. The van der Waals surface area contributed by atoms with E-state index < -0.39 is 0 Å². The van der Waals surface area contributed by atoms with E-state index >= 15 is 0 Å². The Morgan fingerprint density at radius 3 is 2.65 bits per heavy atom. The van der Waals surface area contributed by atoms with Gasteiger partial charge in [-0.15, -0.1) is 0 Å². The van der Waals surface area contributed by atoms with Crippen molar-refractivity contribution in [3.63, 3.8) is 0 Å². The van der Waals surface area contributed by atoms with Crippen LogP contribution in [0, 0.1) is 0 Å². The minimum Gasteiger partial charge on any atom is -0.335 e. The summed E-state index contributed by atoms with van der Waals surface area (Å²) in [7, 11) is 0. The van der Waals surface area contributed by atoms with Gasteiger partial charge in [-0.2, -0.15) is 0 Å². The molecular formula is C16H24N4. The third-order valence-corrected chi connectivity index (χ3v) is 3.42. The number of aromatic nitrogens is 3. The summed E-state index contributed by atoms with van der Waals surface area (Å²) in [6, 6.07) is 4.59. The van der Waals surface area contributed by atoms with Gasteiger partial charge in [0.1, 0.15) is 5.82 Å². The lowest BCUT2D eigenvalue weighted by Gasteiger charge is -2.18. The number of likely N-dealkylation sites (N-methyl/N-ethyl adjacent to an activating group) is 1. The lowest BCUT2D eigenvalue weighted by molar-refractivity contribution is 0.494. The molecule has 0 bridgehead atoms. The van der Waals surface area contributed by atoms with Crippen molar-refractivity contribution in [1.29, 1.82) is 0 Å². The Labute approximate surface area is 121 Å². The third kappa shape index (κ3) is 4.17. The quantitative estimate of drug-likeness (QED) is 0.802. The molecule has 0 aliphatic rings. The molecule has 2 rings (SSSR count). The Balaban J connectivity index is 2.03. The van der Waals surface area contributed by atoms with Crippen LogP contribution >= 0.6 is 0 Å². The number of hydrogen-bond acceptors (Lipinski definition) is 3. The maximum absolute atomic E-state index is 4.51. The molecule has 0 aliphatic heterocycles. The van der Waals surface area contributed by atoms with E-state index in [0.29, 0.717) is 6.04 Å². The van der Waals surface area contributed by atoms with Crippen molar-refractivity contribution in [1.82, 2.24) is 19.9 Å². The van der Waals surface area contributed by atoms with E-state index in [4.69, 9.17) is 0 Å². The van der Waals surface area contributed by atoms with Crippen molar-refractivity contribution in [3.05, 3.63) is 48.3 Å². The molecule has 0 saturated heterocycles. The molecule has 1 atom stereocenters. The molecule has 2 heterocycles. The van der Waals surface area contributed by atoms with E-state index in [1.807, 2.05) is 18.6 Å². The third-order valence-electron chi connectivity index (χ3n) is 3.42. The van der Waals surface area contributed by atoms with Crippen LogP contribution in [0.2, 0.25) is 0 Å². The monoisotopic (exact) mass is 272 g/mol. The van der Waals surface area contributed by atoms with Gasteiger partial charge in [0, 0.05) is 43.8 Å². The highest BCUT2D eigenvalue weighted by molar-refractivity contribution is 5.12. The molecule has 0 amide bonds. The van der Waals surface area contributed by atoms with Crippen LogP contribution in [0.3, 0.4) is 0 Å². The molecule has 4 heteroatoms. The van der Waals surface area contributed by atoms with Gasteiger partial charge < -0.3 is 9.88 Å². The minimum absolute atomic E-state index is 0.417. The second kappa shape index (κ2) is 7.80. The smallest absolute Gasteiger partial charge is 0.110 e. The van der Waals surface area contributed by atoms with Crippen LogP contribution in [-0.4, -0.2) is 27.1 Å². The van der Waals surface area contributed by atoms with E-state index in [-0.39, 0.29) is 0 Å². The zero-order chi connectivity index (χ0) is 14.2. The first kappa shape index (κ1) is 14.7. The summed E-state index contributed by atoms with van der Waals surface area (Å²) in [5, 5.41) is 3.56. The second-order valence-electron chi connectivity index (χ2n) is 5.06. The molecule has 0 spiro atoms. The molecule has 2 aromatic rings. The van der Waals surface area contributed by atoms with Crippen LogP contribution in [0.5, 0.6) is 0 Å². The fraction of sp³-hybridized carbons (Fsp3) is 0.500. The van der Waals surface area contributed by atoms with E-state index in [9.17, 15) is 0 Å². The molecular weight excluding hydrogens is 248 g/mol. The number of imidazole rings is 1. The molecule has 1 N–H and O–H groups in total. The van der Waals surface area contributed by atoms with Crippen LogP contribution < -0.4 is 5.32 Å². The van der Waals surface area contributed by atoms with Gasteiger partial charge in [0.2, 0.25) is 0 Å². The largest absolute Gasteiger partial charge is 0.335 e. The van der Waals surface area contributed by atoms with Gasteiger partial charge in [0.15, 0.2) is 0 Å². The first-order valence-electron chi connectivity index (χ1n) is 7.45. The zero-order valence-electron chi connectivity index (χ0n) is 12.4. The highest BCUT2D eigenvalue weighted by Gasteiger charge is 2.13. The summed E-state index contributed by atoms with van der Waals surface area (Å²) in [6.07, 6.45) is 10.8. The second-order valence-corrected chi connectivity index (χ2v) is 5.06. The lowest BCUT2D eigenvalue weighted by atomic mass is 10.0. The predicted molar refractivity (Wildman–Crippen MR) is 81.6 cm³/mol. The molecule has 20 heavy (non-hydrogen) atoms. The molecule has 4 nitrogen and oxygen atoms in total. The van der Waals surface area contributed by atoms with Gasteiger partial charge in [0.05, 0.1) is 0 Å². The molecule has 0 fully saturated rings. The number of pyridine rings is 1. The molecule has 0 aromatic carbocycles. The van der Waals surface area contributed by atoms with Crippen molar-refractivity contribution in [3.8, 4) is 0 Å². The molecule has 0 saturated carbocycles. The molecule has 0 aliphatic carbocycles. The van der Waals surface area contributed by atoms with Gasteiger partial charge in [-0.25, -0.2) is 4.98 Å². The predicted octanol–water partition coefficient (Wildman–Crippen LogP) is 2.45. The van der Waals surface area contributed by atoms with E-state index in [2.05, 4.69) is 52.0 Å². The van der Waals surface area contributed by atoms with E-state index in [1.54, 1.807) is 0 Å². The first-order chi connectivity index (χ1) is 9.83. The van der Waals surface area contributed by atoms with Crippen molar-refractivity contribution in [2.24, 2.45) is 0 Å². The Kier molecular flexibility index (Phi) is 5.74. The SMILES string of the molecule is CCCn1ccnc1CC(Cc1ccncc1)NCC. The Morgan fingerprint density at radius 1 is 1.15 bits per heavy atom. The first-order valence-corrected chi connectivity index (χ1v) is 7.45. The maximum Gasteiger partial charge on any atom is 0.110 e. The zero-order valence-corrected chi connectivity index (χ0v) is 12.4. The van der Waals surface area contributed by atoms with Crippen LogP contribution in [-0.2, 0) is 19.4 Å². The van der Waals surface area contributed by atoms with Gasteiger partial charge in [-0.05, 0) is 37.1 Å². The standard InChI is InChI=1S/C16H24N4/c1-3-10-20-11-9-19-16(20)13-15(18-4-2)12-14-5-7-17-8-6-14/h5-9,11,15,18H,3-4,10,12-13H2,1-2H3. The number of rotatable bonds is 8. The molecule has 1 unspecified atom stereocenters. The van der Waals surface area contributed by atoms with Gasteiger partial charge in [-0.3, -0.25) is 4.98 Å². The van der Waals surface area contributed by atoms with E-state index in [1.165, 1.54) is 11.4 Å². The Bertz CT molecular complexity index is 492. The number of aryl methyl sites for hydroxylation is 1. The number of nitrogens with one attached hydrogen (secondary N) is 1. The van der Waals surface area contributed by atoms with Crippen LogP contribution in [0.25, 0.3) is 0 Å². The maximum atomic E-state index is 4.51. The van der Waals surface area contributed by atoms with Crippen molar-refractivity contribution in [2.75, 3.05) is 6.54 Å². The van der Waals surface area contributed by atoms with Crippen molar-refractivity contribution < 1.29 is 0 Å². The highest BCUT2D eigenvalue weighted by atomic mass is 15.1. The van der Waals surface area contributed by atoms with Gasteiger partial charge >= 0.3 is 0 Å². The fourth-order valence-electron chi connectivity index (χ4n) is 2.50. The molecule has 2 aromatic heterocycles. The molecule has 0 radical (unpaired) electrons. The summed E-state index contributed by atoms with van der Waals surface area (Å²) in [5.41, 5.74) is 1.32. The van der Waals surface area contributed by atoms with Crippen molar-refractivity contribution >= 4 is 0 Å². The van der Waals surface area contributed by atoms with Crippen LogP contribution in [0.1, 0.15) is 31.7 Å². The average Bonchev–Trinajstić information content (AvgIpc) is 2.88. The lowest BCUT2D eigenvalue weighted by Crippen LogP contribution is -2.34. The van der Waals surface area contributed by atoms with Gasteiger partial charge in [-0.1, -0.05) is 13.8 Å². The highest BCUT2D eigenvalue weighted by Crippen LogP contribution is 2.08. The minimum atomic E-state index is 0.417. The summed E-state index contributed by atoms with van der Waals surface area (Å²) in [5.74, 6) is 1.17. The number of hydrogen-bond donors (Lipinski definition) is 1. The van der Waals surface area contributed by atoms with Crippen LogP contribution in [0.15, 0.2) is 36.9 Å². The molecule has 108 valence electrons. The van der Waals surface area contributed by atoms with Crippen molar-refractivity contribution in [2.45, 2.75) is 45.7 Å².